The molecule has 1 N–H and O–H groups in total. The van der Waals surface area contributed by atoms with Gasteiger partial charge in [-0.05, 0) is 57.6 Å². The Morgan fingerprint density at radius 1 is 1.26 bits per heavy atom. The summed E-state index contributed by atoms with van der Waals surface area (Å²) in [6.07, 6.45) is 6.79. The predicted molar refractivity (Wildman–Crippen MR) is 82.5 cm³/mol. The number of nitrogens with zero attached hydrogens (tertiary/aromatic N) is 2. The van der Waals surface area contributed by atoms with Crippen LogP contribution in [0.25, 0.3) is 0 Å². The van der Waals surface area contributed by atoms with Crippen LogP contribution in [0.15, 0.2) is 12.3 Å². The van der Waals surface area contributed by atoms with Gasteiger partial charge in [0.25, 0.3) is 0 Å². The fourth-order valence-electron chi connectivity index (χ4n) is 2.49. The maximum absolute atomic E-state index is 4.71. The molecule has 1 aromatic rings. The third kappa shape index (κ3) is 4.64. The quantitative estimate of drug-likeness (QED) is 0.688. The van der Waals surface area contributed by atoms with E-state index >= 15 is 0 Å². The number of hydrogen-bond acceptors (Lipinski definition) is 2. The summed E-state index contributed by atoms with van der Waals surface area (Å²) in [5.74, 6) is 0. The highest BCUT2D eigenvalue weighted by Gasteiger charge is 2.27. The van der Waals surface area contributed by atoms with Gasteiger partial charge in [0.15, 0.2) is 0 Å². The molecule has 0 unspecified atom stereocenters. The minimum atomic E-state index is 0.353. The summed E-state index contributed by atoms with van der Waals surface area (Å²) in [6, 6.07) is 2.63. The standard InChI is InChI=1S/C16H31N3/c1-6-10-17-13-16(7-2,8-3)12-15-9-11-19(18-15)14(4)5/h9,11,14,17H,6-8,10,12-13H2,1-5H3. The van der Waals surface area contributed by atoms with E-state index in [9.17, 15) is 0 Å². The summed E-state index contributed by atoms with van der Waals surface area (Å²) in [6.45, 7) is 13.4. The van der Waals surface area contributed by atoms with Crippen LogP contribution in [0, 0.1) is 5.41 Å². The first kappa shape index (κ1) is 16.2. The van der Waals surface area contributed by atoms with Gasteiger partial charge in [-0.2, -0.15) is 5.10 Å². The predicted octanol–water partition coefficient (Wildman–Crippen LogP) is 3.81. The van der Waals surface area contributed by atoms with Crippen molar-refractivity contribution in [2.45, 2.75) is 66.3 Å². The van der Waals surface area contributed by atoms with Crippen molar-refractivity contribution in [2.24, 2.45) is 5.41 Å². The highest BCUT2D eigenvalue weighted by molar-refractivity contribution is 5.04. The van der Waals surface area contributed by atoms with Crippen LogP contribution < -0.4 is 5.32 Å². The van der Waals surface area contributed by atoms with E-state index < -0.39 is 0 Å². The third-order valence-corrected chi connectivity index (χ3v) is 4.18. The Balaban J connectivity index is 2.70. The fourth-order valence-corrected chi connectivity index (χ4v) is 2.49. The van der Waals surface area contributed by atoms with E-state index in [4.69, 9.17) is 5.10 Å². The average Bonchev–Trinajstić information content (AvgIpc) is 2.86. The van der Waals surface area contributed by atoms with Gasteiger partial charge in [0.1, 0.15) is 0 Å². The molecule has 0 amide bonds. The number of nitrogens with one attached hydrogen (secondary N) is 1. The van der Waals surface area contributed by atoms with Crippen molar-refractivity contribution in [3.63, 3.8) is 0 Å². The molecule has 0 aliphatic heterocycles. The van der Waals surface area contributed by atoms with Gasteiger partial charge in [0.05, 0.1) is 5.69 Å². The Kier molecular flexibility index (Phi) is 6.56. The first-order chi connectivity index (χ1) is 9.06. The second kappa shape index (κ2) is 7.68. The van der Waals surface area contributed by atoms with Gasteiger partial charge < -0.3 is 5.32 Å². The smallest absolute Gasteiger partial charge is 0.0630 e. The van der Waals surface area contributed by atoms with E-state index in [0.717, 1.165) is 19.5 Å². The van der Waals surface area contributed by atoms with E-state index in [1.807, 2.05) is 0 Å². The first-order valence-corrected chi connectivity index (χ1v) is 7.81. The zero-order valence-electron chi connectivity index (χ0n) is 13.4. The van der Waals surface area contributed by atoms with Crippen LogP contribution in [0.2, 0.25) is 0 Å². The van der Waals surface area contributed by atoms with E-state index in [-0.39, 0.29) is 0 Å². The van der Waals surface area contributed by atoms with Crippen LogP contribution in [0.5, 0.6) is 0 Å². The molecule has 0 saturated carbocycles. The molecular weight excluding hydrogens is 234 g/mol. The van der Waals surface area contributed by atoms with Crippen molar-refractivity contribution in [1.82, 2.24) is 15.1 Å². The molecular formula is C16H31N3. The van der Waals surface area contributed by atoms with Crippen LogP contribution in [-0.4, -0.2) is 22.9 Å². The topological polar surface area (TPSA) is 29.9 Å². The Bertz CT molecular complexity index is 351. The summed E-state index contributed by atoms with van der Waals surface area (Å²) in [4.78, 5) is 0. The molecule has 0 spiro atoms. The zero-order valence-corrected chi connectivity index (χ0v) is 13.4. The molecule has 0 radical (unpaired) electrons. The minimum absolute atomic E-state index is 0.353. The zero-order chi connectivity index (χ0) is 14.3. The highest BCUT2D eigenvalue weighted by atomic mass is 15.3. The van der Waals surface area contributed by atoms with Crippen LogP contribution in [0.4, 0.5) is 0 Å². The lowest BCUT2D eigenvalue weighted by Gasteiger charge is -2.31. The molecule has 1 rings (SSSR count). The fraction of sp³-hybridized carbons (Fsp3) is 0.812. The largest absolute Gasteiger partial charge is 0.316 e. The van der Waals surface area contributed by atoms with Crippen molar-refractivity contribution < 1.29 is 0 Å². The molecule has 1 heterocycles. The second-order valence-corrected chi connectivity index (χ2v) is 5.94. The normalized spacial score (nSPS) is 12.3. The lowest BCUT2D eigenvalue weighted by molar-refractivity contribution is 0.243. The number of rotatable bonds is 9. The molecule has 0 aromatic carbocycles. The molecule has 1 aromatic heterocycles. The van der Waals surface area contributed by atoms with Crippen LogP contribution in [0.3, 0.4) is 0 Å². The Morgan fingerprint density at radius 3 is 2.42 bits per heavy atom. The summed E-state index contributed by atoms with van der Waals surface area (Å²) >= 11 is 0. The summed E-state index contributed by atoms with van der Waals surface area (Å²) in [7, 11) is 0. The van der Waals surface area contributed by atoms with Crippen LogP contribution in [0.1, 0.15) is 65.6 Å². The molecule has 0 atom stereocenters. The van der Waals surface area contributed by atoms with E-state index in [1.165, 1.54) is 25.0 Å². The van der Waals surface area contributed by atoms with Gasteiger partial charge in [-0.15, -0.1) is 0 Å². The molecule has 19 heavy (non-hydrogen) atoms. The first-order valence-electron chi connectivity index (χ1n) is 7.81. The van der Waals surface area contributed by atoms with Gasteiger partial charge in [-0.25, -0.2) is 0 Å². The Morgan fingerprint density at radius 2 is 1.95 bits per heavy atom. The SMILES string of the molecule is CCCNCC(CC)(CC)Cc1ccn(C(C)C)n1. The van der Waals surface area contributed by atoms with Crippen LogP contribution >= 0.6 is 0 Å². The maximum atomic E-state index is 4.71. The van der Waals surface area contributed by atoms with Gasteiger partial charge >= 0.3 is 0 Å². The lowest BCUT2D eigenvalue weighted by Crippen LogP contribution is -2.36. The minimum Gasteiger partial charge on any atom is -0.316 e. The van der Waals surface area contributed by atoms with Crippen molar-refractivity contribution in [1.29, 1.82) is 0 Å². The third-order valence-electron chi connectivity index (χ3n) is 4.18. The van der Waals surface area contributed by atoms with E-state index in [1.54, 1.807) is 0 Å². The summed E-state index contributed by atoms with van der Waals surface area (Å²) in [5, 5.41) is 8.30. The average molecular weight is 265 g/mol. The highest BCUT2D eigenvalue weighted by Crippen LogP contribution is 2.30. The Hall–Kier alpha value is -0.830. The second-order valence-electron chi connectivity index (χ2n) is 5.94. The molecule has 3 nitrogen and oxygen atoms in total. The van der Waals surface area contributed by atoms with Crippen molar-refractivity contribution in [2.75, 3.05) is 13.1 Å². The lowest BCUT2D eigenvalue weighted by atomic mass is 9.78. The van der Waals surface area contributed by atoms with Crippen LogP contribution in [-0.2, 0) is 6.42 Å². The monoisotopic (exact) mass is 265 g/mol. The summed E-state index contributed by atoms with van der Waals surface area (Å²) < 4.78 is 2.06. The number of aromatic nitrogens is 2. The number of hydrogen-bond donors (Lipinski definition) is 1. The Labute approximate surface area is 118 Å². The molecule has 0 aliphatic carbocycles. The van der Waals surface area contributed by atoms with Gasteiger partial charge in [0.2, 0.25) is 0 Å². The van der Waals surface area contributed by atoms with Crippen molar-refractivity contribution >= 4 is 0 Å². The molecule has 0 fully saturated rings. The van der Waals surface area contributed by atoms with Crippen molar-refractivity contribution in [3.05, 3.63) is 18.0 Å². The molecule has 0 bridgehead atoms. The molecule has 0 saturated heterocycles. The maximum Gasteiger partial charge on any atom is 0.0630 e. The molecule has 3 heteroatoms. The van der Waals surface area contributed by atoms with Crippen molar-refractivity contribution in [3.8, 4) is 0 Å². The summed E-state index contributed by atoms with van der Waals surface area (Å²) in [5.41, 5.74) is 1.58. The van der Waals surface area contributed by atoms with E-state index in [0.29, 0.717) is 11.5 Å². The van der Waals surface area contributed by atoms with Gasteiger partial charge in [0, 0.05) is 18.8 Å². The van der Waals surface area contributed by atoms with Gasteiger partial charge in [-0.3, -0.25) is 4.68 Å². The van der Waals surface area contributed by atoms with Gasteiger partial charge in [-0.1, -0.05) is 20.8 Å². The molecule has 110 valence electrons. The molecule has 0 aliphatic rings. The van der Waals surface area contributed by atoms with E-state index in [2.05, 4.69) is 56.9 Å².